The molecule has 1 atom stereocenters. The van der Waals surface area contributed by atoms with E-state index in [0.717, 1.165) is 12.1 Å². The van der Waals surface area contributed by atoms with E-state index in [1.165, 1.54) is 6.07 Å². The van der Waals surface area contributed by atoms with Crippen molar-refractivity contribution >= 4 is 11.8 Å². The first-order valence-electron chi connectivity index (χ1n) is 6.62. The minimum absolute atomic E-state index is 0.318. The Balaban J connectivity index is 2.17. The van der Waals surface area contributed by atoms with Crippen LogP contribution in [-0.4, -0.2) is 0 Å². The molecule has 0 saturated heterocycles. The Morgan fingerprint density at radius 1 is 1.05 bits per heavy atom. The van der Waals surface area contributed by atoms with Crippen LogP contribution in [0.3, 0.4) is 0 Å². The highest BCUT2D eigenvalue weighted by atomic mass is 19.4. The summed E-state index contributed by atoms with van der Waals surface area (Å²) in [6.45, 7) is 0. The van der Waals surface area contributed by atoms with E-state index in [1.807, 2.05) is 0 Å². The molecule has 5 N–H and O–H groups in total. The van der Waals surface area contributed by atoms with Gasteiger partial charge in [0.15, 0.2) is 0 Å². The molecule has 0 bridgehead atoms. The van der Waals surface area contributed by atoms with Crippen LogP contribution in [0.25, 0.3) is 6.08 Å². The average molecular weight is 305 g/mol. The molecule has 2 aromatic rings. The summed E-state index contributed by atoms with van der Waals surface area (Å²) >= 11 is 0. The fourth-order valence-electron chi connectivity index (χ4n) is 2.63. The van der Waals surface area contributed by atoms with E-state index in [9.17, 15) is 13.2 Å². The van der Waals surface area contributed by atoms with Crippen molar-refractivity contribution in [1.82, 2.24) is 5.32 Å². The Hall–Kier alpha value is -2.47. The van der Waals surface area contributed by atoms with Crippen molar-refractivity contribution in [3.05, 3.63) is 70.9 Å². The maximum atomic E-state index is 12.9. The Morgan fingerprint density at radius 3 is 2.50 bits per heavy atom. The zero-order chi connectivity index (χ0) is 16.0. The second-order valence-electron chi connectivity index (χ2n) is 5.17. The Bertz CT molecular complexity index is 753. The van der Waals surface area contributed by atoms with Gasteiger partial charge in [0.1, 0.15) is 5.66 Å². The van der Waals surface area contributed by atoms with Crippen LogP contribution in [0.1, 0.15) is 22.3 Å². The molecule has 0 radical (unpaired) electrons. The molecule has 1 aliphatic heterocycles. The number of alkyl halides is 3. The highest BCUT2D eigenvalue weighted by molar-refractivity contribution is 5.71. The van der Waals surface area contributed by atoms with E-state index in [0.29, 0.717) is 22.4 Å². The predicted molar refractivity (Wildman–Crippen MR) is 79.4 cm³/mol. The average Bonchev–Trinajstić information content (AvgIpc) is 2.48. The van der Waals surface area contributed by atoms with Crippen LogP contribution in [0.4, 0.5) is 18.9 Å². The molecule has 0 aliphatic carbocycles. The SMILES string of the molecule is Nc1cccc2c1C=CNC2(N)c1cccc(C(F)(F)F)c1. The summed E-state index contributed by atoms with van der Waals surface area (Å²) in [5.41, 5.74) is 12.5. The molecular weight excluding hydrogens is 291 g/mol. The van der Waals surface area contributed by atoms with Crippen molar-refractivity contribution in [2.75, 3.05) is 5.73 Å². The highest BCUT2D eigenvalue weighted by Crippen LogP contribution is 2.36. The number of rotatable bonds is 1. The Labute approximate surface area is 125 Å². The first-order valence-corrected chi connectivity index (χ1v) is 6.62. The van der Waals surface area contributed by atoms with Crippen LogP contribution < -0.4 is 16.8 Å². The predicted octanol–water partition coefficient (Wildman–Crippen LogP) is 3.02. The number of nitrogens with two attached hydrogens (primary N) is 2. The highest BCUT2D eigenvalue weighted by Gasteiger charge is 2.36. The second-order valence-corrected chi connectivity index (χ2v) is 5.17. The topological polar surface area (TPSA) is 64.1 Å². The summed E-state index contributed by atoms with van der Waals surface area (Å²) in [7, 11) is 0. The summed E-state index contributed by atoms with van der Waals surface area (Å²) in [6, 6.07) is 10.2. The fraction of sp³-hybridized carbons (Fsp3) is 0.125. The molecule has 1 heterocycles. The van der Waals surface area contributed by atoms with Gasteiger partial charge < -0.3 is 16.8 Å². The minimum atomic E-state index is -4.42. The molecule has 114 valence electrons. The van der Waals surface area contributed by atoms with E-state index < -0.39 is 17.4 Å². The molecule has 0 fully saturated rings. The quantitative estimate of drug-likeness (QED) is 0.710. The van der Waals surface area contributed by atoms with E-state index in [4.69, 9.17) is 11.5 Å². The van der Waals surface area contributed by atoms with Crippen molar-refractivity contribution in [2.45, 2.75) is 11.8 Å². The van der Waals surface area contributed by atoms with Gasteiger partial charge in [0.05, 0.1) is 5.56 Å². The number of nitrogens with one attached hydrogen (secondary N) is 1. The summed E-state index contributed by atoms with van der Waals surface area (Å²) in [6.07, 6.45) is -1.07. The molecule has 6 heteroatoms. The molecule has 3 nitrogen and oxygen atoms in total. The van der Waals surface area contributed by atoms with Crippen molar-refractivity contribution in [3.63, 3.8) is 0 Å². The van der Waals surface area contributed by atoms with Crippen molar-refractivity contribution in [2.24, 2.45) is 5.73 Å². The van der Waals surface area contributed by atoms with E-state index in [-0.39, 0.29) is 0 Å². The zero-order valence-electron chi connectivity index (χ0n) is 11.5. The van der Waals surface area contributed by atoms with Crippen molar-refractivity contribution in [1.29, 1.82) is 0 Å². The lowest BCUT2D eigenvalue weighted by Gasteiger charge is -2.35. The standard InChI is InChI=1S/C16H14F3N3/c17-16(18,19)11-4-1-3-10(9-11)15(21)13-5-2-6-14(20)12(13)7-8-22-15/h1-9,22H,20-21H2. The number of halogens is 3. The fourth-order valence-corrected chi connectivity index (χ4v) is 2.63. The third-order valence-corrected chi connectivity index (χ3v) is 3.77. The van der Waals surface area contributed by atoms with Crippen molar-refractivity contribution < 1.29 is 13.2 Å². The van der Waals surface area contributed by atoms with Gasteiger partial charge in [-0.05, 0) is 36.0 Å². The second kappa shape index (κ2) is 4.78. The first kappa shape index (κ1) is 14.5. The molecule has 1 aliphatic rings. The summed E-state index contributed by atoms with van der Waals surface area (Å²) in [5.74, 6) is 0. The molecule has 2 aromatic carbocycles. The Morgan fingerprint density at radius 2 is 1.77 bits per heavy atom. The van der Waals surface area contributed by atoms with Crippen LogP contribution in [0.2, 0.25) is 0 Å². The van der Waals surface area contributed by atoms with Gasteiger partial charge in [-0.15, -0.1) is 0 Å². The molecule has 22 heavy (non-hydrogen) atoms. The normalized spacial score (nSPS) is 20.4. The maximum Gasteiger partial charge on any atom is 0.416 e. The summed E-state index contributed by atoms with van der Waals surface area (Å²) < 4.78 is 38.8. The van der Waals surface area contributed by atoms with E-state index >= 15 is 0 Å². The van der Waals surface area contributed by atoms with Crippen LogP contribution >= 0.6 is 0 Å². The van der Waals surface area contributed by atoms with E-state index in [2.05, 4.69) is 5.32 Å². The minimum Gasteiger partial charge on any atom is -0.398 e. The van der Waals surface area contributed by atoms with Gasteiger partial charge >= 0.3 is 6.18 Å². The van der Waals surface area contributed by atoms with Crippen LogP contribution in [0.5, 0.6) is 0 Å². The Kier molecular flexibility index (Phi) is 3.14. The van der Waals surface area contributed by atoms with Gasteiger partial charge in [-0.3, -0.25) is 0 Å². The maximum absolute atomic E-state index is 12.9. The number of hydrogen-bond donors (Lipinski definition) is 3. The number of hydrogen-bond acceptors (Lipinski definition) is 3. The van der Waals surface area contributed by atoms with Crippen LogP contribution in [0.15, 0.2) is 48.7 Å². The van der Waals surface area contributed by atoms with Gasteiger partial charge in [-0.2, -0.15) is 13.2 Å². The van der Waals surface area contributed by atoms with Gasteiger partial charge in [-0.1, -0.05) is 24.3 Å². The van der Waals surface area contributed by atoms with Crippen LogP contribution in [-0.2, 0) is 11.8 Å². The number of benzene rings is 2. The summed E-state index contributed by atoms with van der Waals surface area (Å²) in [5, 5.41) is 2.95. The smallest absolute Gasteiger partial charge is 0.398 e. The molecule has 0 spiro atoms. The third-order valence-electron chi connectivity index (χ3n) is 3.77. The molecule has 0 saturated carbocycles. The third kappa shape index (κ3) is 2.21. The van der Waals surface area contributed by atoms with Gasteiger partial charge in [0, 0.05) is 16.8 Å². The molecule has 0 amide bonds. The molecular formula is C16H14F3N3. The lowest BCUT2D eigenvalue weighted by atomic mass is 9.85. The van der Waals surface area contributed by atoms with Gasteiger partial charge in [0.25, 0.3) is 0 Å². The lowest BCUT2D eigenvalue weighted by Crippen LogP contribution is -2.51. The molecule has 1 unspecified atom stereocenters. The van der Waals surface area contributed by atoms with Crippen molar-refractivity contribution in [3.8, 4) is 0 Å². The monoisotopic (exact) mass is 305 g/mol. The first-order chi connectivity index (χ1) is 10.3. The van der Waals surface area contributed by atoms with Crippen LogP contribution in [0, 0.1) is 0 Å². The largest absolute Gasteiger partial charge is 0.416 e. The van der Waals surface area contributed by atoms with Gasteiger partial charge in [0.2, 0.25) is 0 Å². The van der Waals surface area contributed by atoms with E-state index in [1.54, 1.807) is 36.5 Å². The number of anilines is 1. The zero-order valence-corrected chi connectivity index (χ0v) is 11.5. The summed E-state index contributed by atoms with van der Waals surface area (Å²) in [4.78, 5) is 0. The van der Waals surface area contributed by atoms with Gasteiger partial charge in [-0.25, -0.2) is 0 Å². The lowest BCUT2D eigenvalue weighted by molar-refractivity contribution is -0.137. The molecule has 0 aromatic heterocycles. The number of fused-ring (bicyclic) bond motifs is 1. The molecule has 3 rings (SSSR count). The number of nitrogen functional groups attached to an aromatic ring is 1.